The predicted octanol–water partition coefficient (Wildman–Crippen LogP) is 2.23. The molecule has 2 N–H and O–H groups in total. The van der Waals surface area contributed by atoms with Gasteiger partial charge in [0.05, 0.1) is 0 Å². The van der Waals surface area contributed by atoms with E-state index in [1.807, 2.05) is 0 Å². The summed E-state index contributed by atoms with van der Waals surface area (Å²) >= 11 is 0. The molecule has 0 amide bonds. The lowest BCUT2D eigenvalue weighted by Gasteiger charge is -2.13. The average molecular weight is 217 g/mol. The van der Waals surface area contributed by atoms with E-state index in [2.05, 4.69) is 5.32 Å². The number of phenols is 1. The van der Waals surface area contributed by atoms with E-state index in [-0.39, 0.29) is 11.6 Å². The van der Waals surface area contributed by atoms with E-state index in [9.17, 15) is 18.3 Å². The van der Waals surface area contributed by atoms with Crippen LogP contribution < -0.4 is 5.32 Å². The Morgan fingerprint density at radius 3 is 2.60 bits per heavy atom. The fraction of sp³-hybridized carbons (Fsp3) is 0.400. The van der Waals surface area contributed by atoms with Crippen molar-refractivity contribution in [1.29, 1.82) is 0 Å². The summed E-state index contributed by atoms with van der Waals surface area (Å²) < 4.78 is 38.7. The van der Waals surface area contributed by atoms with Gasteiger partial charge in [-0.15, -0.1) is 0 Å². The highest BCUT2D eigenvalue weighted by Gasteiger charge is 2.25. The first-order valence-electron chi connectivity index (χ1n) is 4.71. The van der Waals surface area contributed by atoms with E-state index in [4.69, 9.17) is 0 Å². The zero-order chi connectivity index (χ0) is 11.0. The van der Waals surface area contributed by atoms with Crippen LogP contribution in [0.15, 0.2) is 6.07 Å². The van der Waals surface area contributed by atoms with Crippen LogP contribution in [0, 0.1) is 17.5 Å². The molecular weight excluding hydrogens is 207 g/mol. The second kappa shape index (κ2) is 3.73. The molecule has 15 heavy (non-hydrogen) atoms. The molecule has 1 aromatic rings. The minimum absolute atomic E-state index is 0.0869. The molecule has 1 aromatic carbocycles. The molecule has 1 aliphatic heterocycles. The SMILES string of the molecule is Oc1c([C@@H]2CCCN2)cc(F)c(F)c1F. The molecule has 1 fully saturated rings. The van der Waals surface area contributed by atoms with E-state index >= 15 is 0 Å². The van der Waals surface area contributed by atoms with Gasteiger partial charge in [0, 0.05) is 11.6 Å². The summed E-state index contributed by atoms with van der Waals surface area (Å²) in [5.74, 6) is -5.21. The summed E-state index contributed by atoms with van der Waals surface area (Å²) in [5.41, 5.74) is 0.0869. The second-order valence-electron chi connectivity index (χ2n) is 3.57. The molecule has 0 unspecified atom stereocenters. The molecule has 2 nitrogen and oxygen atoms in total. The molecule has 0 saturated carbocycles. The Morgan fingerprint density at radius 2 is 2.00 bits per heavy atom. The summed E-state index contributed by atoms with van der Waals surface area (Å²) in [5, 5.41) is 12.3. The molecule has 0 aromatic heterocycles. The van der Waals surface area contributed by atoms with E-state index in [1.165, 1.54) is 0 Å². The third-order valence-corrected chi connectivity index (χ3v) is 2.60. The molecule has 0 bridgehead atoms. The Hall–Kier alpha value is -1.23. The summed E-state index contributed by atoms with van der Waals surface area (Å²) in [6.45, 7) is 0.727. The van der Waals surface area contributed by atoms with Gasteiger partial charge in [0.15, 0.2) is 17.4 Å². The van der Waals surface area contributed by atoms with Crippen LogP contribution in [0.3, 0.4) is 0 Å². The number of hydrogen-bond donors (Lipinski definition) is 2. The number of nitrogens with one attached hydrogen (secondary N) is 1. The van der Waals surface area contributed by atoms with Crippen LogP contribution in [-0.4, -0.2) is 11.7 Å². The topological polar surface area (TPSA) is 32.3 Å². The molecule has 82 valence electrons. The molecule has 1 saturated heterocycles. The maximum absolute atomic E-state index is 13.0. The monoisotopic (exact) mass is 217 g/mol. The van der Waals surface area contributed by atoms with Gasteiger partial charge in [0.25, 0.3) is 0 Å². The summed E-state index contributed by atoms with van der Waals surface area (Å²) in [6.07, 6.45) is 1.54. The fourth-order valence-corrected chi connectivity index (χ4v) is 1.82. The van der Waals surface area contributed by atoms with Crippen molar-refractivity contribution in [3.63, 3.8) is 0 Å². The number of phenolic OH excluding ortho intramolecular Hbond substituents is 1. The van der Waals surface area contributed by atoms with E-state index in [1.54, 1.807) is 0 Å². The molecular formula is C10H10F3NO. The van der Waals surface area contributed by atoms with Crippen molar-refractivity contribution in [2.75, 3.05) is 6.54 Å². The maximum atomic E-state index is 13.0. The third-order valence-electron chi connectivity index (χ3n) is 2.60. The van der Waals surface area contributed by atoms with Gasteiger partial charge >= 0.3 is 0 Å². The first-order chi connectivity index (χ1) is 7.11. The minimum atomic E-state index is -1.63. The van der Waals surface area contributed by atoms with Gasteiger partial charge in [-0.3, -0.25) is 0 Å². The lowest BCUT2D eigenvalue weighted by Crippen LogP contribution is -2.14. The van der Waals surface area contributed by atoms with Crippen LogP contribution in [0.2, 0.25) is 0 Å². The van der Waals surface area contributed by atoms with E-state index in [0.29, 0.717) is 6.42 Å². The van der Waals surface area contributed by atoms with E-state index in [0.717, 1.165) is 19.0 Å². The van der Waals surface area contributed by atoms with Crippen LogP contribution in [0.5, 0.6) is 5.75 Å². The highest BCUT2D eigenvalue weighted by atomic mass is 19.2. The minimum Gasteiger partial charge on any atom is -0.505 e. The second-order valence-corrected chi connectivity index (χ2v) is 3.57. The smallest absolute Gasteiger partial charge is 0.203 e. The van der Waals surface area contributed by atoms with Gasteiger partial charge in [-0.25, -0.2) is 8.78 Å². The van der Waals surface area contributed by atoms with Crippen LogP contribution in [0.4, 0.5) is 13.2 Å². The van der Waals surface area contributed by atoms with Crippen molar-refractivity contribution in [3.8, 4) is 5.75 Å². The van der Waals surface area contributed by atoms with Crippen LogP contribution in [-0.2, 0) is 0 Å². The number of rotatable bonds is 1. The van der Waals surface area contributed by atoms with Gasteiger partial charge in [-0.05, 0) is 25.5 Å². The lowest BCUT2D eigenvalue weighted by molar-refractivity contribution is 0.375. The Kier molecular flexibility index (Phi) is 2.56. The van der Waals surface area contributed by atoms with Crippen molar-refractivity contribution >= 4 is 0 Å². The van der Waals surface area contributed by atoms with Crippen molar-refractivity contribution in [1.82, 2.24) is 5.32 Å². The first-order valence-corrected chi connectivity index (χ1v) is 4.71. The average Bonchev–Trinajstić information content (AvgIpc) is 2.73. The number of benzene rings is 1. The Balaban J connectivity index is 2.47. The molecule has 2 rings (SSSR count). The Labute approximate surface area is 84.7 Å². The summed E-state index contributed by atoms with van der Waals surface area (Å²) in [7, 11) is 0. The zero-order valence-electron chi connectivity index (χ0n) is 7.86. The summed E-state index contributed by atoms with van der Waals surface area (Å²) in [6, 6.07) is 0.547. The molecule has 0 radical (unpaired) electrons. The zero-order valence-corrected chi connectivity index (χ0v) is 7.86. The molecule has 1 aliphatic rings. The number of halogens is 3. The van der Waals surface area contributed by atoms with Crippen LogP contribution in [0.25, 0.3) is 0 Å². The molecule has 0 spiro atoms. The van der Waals surface area contributed by atoms with Crippen molar-refractivity contribution < 1.29 is 18.3 Å². The largest absolute Gasteiger partial charge is 0.505 e. The van der Waals surface area contributed by atoms with Crippen molar-refractivity contribution in [3.05, 3.63) is 29.1 Å². The van der Waals surface area contributed by atoms with Crippen molar-refractivity contribution in [2.24, 2.45) is 0 Å². The summed E-state index contributed by atoms with van der Waals surface area (Å²) in [4.78, 5) is 0. The molecule has 0 aliphatic carbocycles. The first kappa shape index (κ1) is 10.3. The van der Waals surface area contributed by atoms with E-state index < -0.39 is 23.2 Å². The van der Waals surface area contributed by atoms with Crippen LogP contribution in [0.1, 0.15) is 24.4 Å². The predicted molar refractivity (Wildman–Crippen MR) is 48.0 cm³/mol. The highest BCUT2D eigenvalue weighted by molar-refractivity contribution is 5.38. The lowest BCUT2D eigenvalue weighted by atomic mass is 10.0. The van der Waals surface area contributed by atoms with Gasteiger partial charge in [0.2, 0.25) is 5.82 Å². The number of aromatic hydroxyl groups is 1. The normalized spacial score (nSPS) is 20.9. The highest BCUT2D eigenvalue weighted by Crippen LogP contribution is 2.34. The Morgan fingerprint density at radius 1 is 1.27 bits per heavy atom. The number of hydrogen-bond acceptors (Lipinski definition) is 2. The molecule has 5 heteroatoms. The Bertz CT molecular complexity index is 389. The van der Waals surface area contributed by atoms with Gasteiger partial charge < -0.3 is 10.4 Å². The standard InChI is InChI=1S/C10H10F3NO/c11-6-4-5(7-2-1-3-14-7)10(15)9(13)8(6)12/h4,7,14-15H,1-3H2/t7-/m0/s1. The van der Waals surface area contributed by atoms with Gasteiger partial charge in [0.1, 0.15) is 0 Å². The fourth-order valence-electron chi connectivity index (χ4n) is 1.82. The maximum Gasteiger partial charge on any atom is 0.203 e. The van der Waals surface area contributed by atoms with Gasteiger partial charge in [-0.1, -0.05) is 0 Å². The molecule has 1 atom stereocenters. The third kappa shape index (κ3) is 1.67. The van der Waals surface area contributed by atoms with Gasteiger partial charge in [-0.2, -0.15) is 4.39 Å². The molecule has 1 heterocycles. The quantitative estimate of drug-likeness (QED) is 0.707. The van der Waals surface area contributed by atoms with Crippen LogP contribution >= 0.6 is 0 Å². The van der Waals surface area contributed by atoms with Crippen molar-refractivity contribution in [2.45, 2.75) is 18.9 Å².